The van der Waals surface area contributed by atoms with Crippen molar-refractivity contribution in [1.29, 1.82) is 0 Å². The second-order valence-corrected chi connectivity index (χ2v) is 4.99. The van der Waals surface area contributed by atoms with E-state index in [1.54, 1.807) is 0 Å². The normalized spacial score (nSPS) is 14.3. The number of hydrogen-bond acceptors (Lipinski definition) is 5. The van der Waals surface area contributed by atoms with Crippen molar-refractivity contribution in [3.05, 3.63) is 11.7 Å². The molecule has 1 aromatic heterocycles. The van der Waals surface area contributed by atoms with Gasteiger partial charge in [-0.05, 0) is 26.7 Å². The lowest BCUT2D eigenvalue weighted by molar-refractivity contribution is -0.0221. The Hall–Kier alpha value is -0.940. The second kappa shape index (κ2) is 5.60. The molecular weight excluding hydrogens is 218 g/mol. The number of nitrogens with zero attached hydrogens (tertiary/aromatic N) is 2. The third-order valence-electron chi connectivity index (χ3n) is 2.86. The molecule has 1 heterocycles. The number of hydrogen-bond donors (Lipinski definition) is 1. The highest BCUT2D eigenvalue weighted by Crippen LogP contribution is 2.26. The van der Waals surface area contributed by atoms with Gasteiger partial charge in [-0.15, -0.1) is 0 Å². The van der Waals surface area contributed by atoms with Crippen molar-refractivity contribution < 1.29 is 9.26 Å². The first-order valence-electron chi connectivity index (χ1n) is 6.10. The maximum Gasteiger partial charge on any atom is 0.231 e. The van der Waals surface area contributed by atoms with E-state index >= 15 is 0 Å². The van der Waals surface area contributed by atoms with Crippen LogP contribution in [0.25, 0.3) is 0 Å². The SMILES string of the molecule is CCOC(C)(C)c1noc(C(CN)C(C)C)n1. The molecule has 0 saturated heterocycles. The van der Waals surface area contributed by atoms with Crippen LogP contribution in [0.4, 0.5) is 0 Å². The highest BCUT2D eigenvalue weighted by atomic mass is 16.5. The summed E-state index contributed by atoms with van der Waals surface area (Å²) in [7, 11) is 0. The van der Waals surface area contributed by atoms with E-state index in [0.717, 1.165) is 0 Å². The van der Waals surface area contributed by atoms with E-state index < -0.39 is 5.60 Å². The van der Waals surface area contributed by atoms with Gasteiger partial charge in [0, 0.05) is 13.2 Å². The zero-order valence-corrected chi connectivity index (χ0v) is 11.4. The van der Waals surface area contributed by atoms with Crippen molar-refractivity contribution >= 4 is 0 Å². The largest absolute Gasteiger partial charge is 0.368 e. The molecule has 0 bridgehead atoms. The van der Waals surface area contributed by atoms with Crippen LogP contribution < -0.4 is 5.73 Å². The Labute approximate surface area is 103 Å². The van der Waals surface area contributed by atoms with E-state index in [0.29, 0.717) is 30.8 Å². The Morgan fingerprint density at radius 2 is 2.06 bits per heavy atom. The van der Waals surface area contributed by atoms with Gasteiger partial charge in [0.1, 0.15) is 5.60 Å². The summed E-state index contributed by atoms with van der Waals surface area (Å²) in [5.41, 5.74) is 5.20. The van der Waals surface area contributed by atoms with Crippen molar-refractivity contribution in [1.82, 2.24) is 10.1 Å². The lowest BCUT2D eigenvalue weighted by atomic mass is 9.96. The molecule has 0 fully saturated rings. The van der Waals surface area contributed by atoms with Crippen molar-refractivity contribution in [3.63, 3.8) is 0 Å². The summed E-state index contributed by atoms with van der Waals surface area (Å²) in [5.74, 6) is 1.66. The summed E-state index contributed by atoms with van der Waals surface area (Å²) in [6.45, 7) is 11.1. The molecule has 5 heteroatoms. The molecule has 0 aliphatic rings. The van der Waals surface area contributed by atoms with Gasteiger partial charge in [0.2, 0.25) is 11.7 Å². The molecule has 5 nitrogen and oxygen atoms in total. The summed E-state index contributed by atoms with van der Waals surface area (Å²) in [6.07, 6.45) is 0. The van der Waals surface area contributed by atoms with Gasteiger partial charge in [0.15, 0.2) is 0 Å². The van der Waals surface area contributed by atoms with Crippen LogP contribution in [0.1, 0.15) is 52.3 Å². The molecule has 0 aromatic carbocycles. The highest BCUT2D eigenvalue weighted by Gasteiger charge is 2.29. The van der Waals surface area contributed by atoms with Crippen LogP contribution in [0.15, 0.2) is 4.52 Å². The minimum Gasteiger partial charge on any atom is -0.368 e. The first kappa shape index (κ1) is 14.1. The molecule has 0 saturated carbocycles. The van der Waals surface area contributed by atoms with Gasteiger partial charge < -0.3 is 15.0 Å². The van der Waals surface area contributed by atoms with Gasteiger partial charge in [0.25, 0.3) is 0 Å². The summed E-state index contributed by atoms with van der Waals surface area (Å²) in [4.78, 5) is 4.41. The molecule has 0 amide bonds. The van der Waals surface area contributed by atoms with E-state index in [2.05, 4.69) is 24.0 Å². The lowest BCUT2D eigenvalue weighted by Gasteiger charge is -2.20. The van der Waals surface area contributed by atoms with Gasteiger partial charge in [-0.2, -0.15) is 4.98 Å². The summed E-state index contributed by atoms with van der Waals surface area (Å²) in [6, 6.07) is 0. The molecule has 1 atom stereocenters. The number of ether oxygens (including phenoxy) is 1. The molecular formula is C12H23N3O2. The van der Waals surface area contributed by atoms with E-state index in [1.807, 2.05) is 20.8 Å². The quantitative estimate of drug-likeness (QED) is 0.825. The van der Waals surface area contributed by atoms with Gasteiger partial charge >= 0.3 is 0 Å². The fourth-order valence-electron chi connectivity index (χ4n) is 1.71. The van der Waals surface area contributed by atoms with Gasteiger partial charge in [0.05, 0.1) is 5.92 Å². The Kier molecular flexibility index (Phi) is 4.65. The van der Waals surface area contributed by atoms with Crippen LogP contribution in [0.5, 0.6) is 0 Å². The van der Waals surface area contributed by atoms with Gasteiger partial charge in [-0.25, -0.2) is 0 Å². The first-order valence-corrected chi connectivity index (χ1v) is 6.10. The average Bonchev–Trinajstić information content (AvgIpc) is 2.68. The Bertz CT molecular complexity index is 347. The van der Waals surface area contributed by atoms with Gasteiger partial charge in [-0.3, -0.25) is 0 Å². The maximum absolute atomic E-state index is 5.72. The van der Waals surface area contributed by atoms with Gasteiger partial charge in [-0.1, -0.05) is 19.0 Å². The lowest BCUT2D eigenvalue weighted by Crippen LogP contribution is -2.24. The summed E-state index contributed by atoms with van der Waals surface area (Å²) < 4.78 is 10.9. The maximum atomic E-state index is 5.72. The number of rotatable bonds is 6. The monoisotopic (exact) mass is 241 g/mol. The number of nitrogens with two attached hydrogens (primary N) is 1. The summed E-state index contributed by atoms with van der Waals surface area (Å²) >= 11 is 0. The Balaban J connectivity index is 2.90. The van der Waals surface area contributed by atoms with Crippen molar-refractivity contribution in [2.24, 2.45) is 11.7 Å². The second-order valence-electron chi connectivity index (χ2n) is 4.99. The van der Waals surface area contributed by atoms with Crippen LogP contribution in [0, 0.1) is 5.92 Å². The minimum atomic E-state index is -0.521. The fourth-order valence-corrected chi connectivity index (χ4v) is 1.71. The molecule has 2 N–H and O–H groups in total. The van der Waals surface area contributed by atoms with Crippen molar-refractivity contribution in [3.8, 4) is 0 Å². The molecule has 98 valence electrons. The van der Waals surface area contributed by atoms with E-state index in [4.69, 9.17) is 15.0 Å². The molecule has 0 spiro atoms. The van der Waals surface area contributed by atoms with Crippen LogP contribution in [-0.2, 0) is 10.3 Å². The Morgan fingerprint density at radius 1 is 1.41 bits per heavy atom. The predicted molar refractivity (Wildman–Crippen MR) is 65.6 cm³/mol. The number of aromatic nitrogens is 2. The molecule has 1 rings (SSSR count). The van der Waals surface area contributed by atoms with Crippen LogP contribution in [-0.4, -0.2) is 23.3 Å². The third kappa shape index (κ3) is 3.26. The fraction of sp³-hybridized carbons (Fsp3) is 0.833. The molecule has 0 aliphatic carbocycles. The zero-order chi connectivity index (χ0) is 13.1. The Morgan fingerprint density at radius 3 is 2.53 bits per heavy atom. The minimum absolute atomic E-state index is 0.105. The van der Waals surface area contributed by atoms with Crippen LogP contribution in [0.3, 0.4) is 0 Å². The predicted octanol–water partition coefficient (Wildman–Crippen LogP) is 2.04. The first-order chi connectivity index (χ1) is 7.92. The molecule has 0 radical (unpaired) electrons. The zero-order valence-electron chi connectivity index (χ0n) is 11.4. The average molecular weight is 241 g/mol. The third-order valence-corrected chi connectivity index (χ3v) is 2.86. The molecule has 17 heavy (non-hydrogen) atoms. The molecule has 0 aliphatic heterocycles. The standard InChI is InChI=1S/C12H23N3O2/c1-6-16-12(4,5)11-14-10(17-15-11)9(7-13)8(2)3/h8-9H,6-7,13H2,1-5H3. The van der Waals surface area contributed by atoms with E-state index in [1.165, 1.54) is 0 Å². The molecule has 1 unspecified atom stereocenters. The smallest absolute Gasteiger partial charge is 0.231 e. The molecule has 1 aromatic rings. The van der Waals surface area contributed by atoms with E-state index in [9.17, 15) is 0 Å². The topological polar surface area (TPSA) is 74.2 Å². The van der Waals surface area contributed by atoms with Crippen LogP contribution in [0.2, 0.25) is 0 Å². The van der Waals surface area contributed by atoms with Crippen LogP contribution >= 0.6 is 0 Å². The highest BCUT2D eigenvalue weighted by molar-refractivity contribution is 5.01. The van der Waals surface area contributed by atoms with Crippen molar-refractivity contribution in [2.45, 2.75) is 46.1 Å². The van der Waals surface area contributed by atoms with E-state index in [-0.39, 0.29) is 5.92 Å². The summed E-state index contributed by atoms with van der Waals surface area (Å²) in [5, 5.41) is 3.99. The van der Waals surface area contributed by atoms with Crippen molar-refractivity contribution in [2.75, 3.05) is 13.2 Å².